The number of aliphatic hydroxyl groups is 1. The summed E-state index contributed by atoms with van der Waals surface area (Å²) in [5.41, 5.74) is 1.57. The minimum absolute atomic E-state index is 0.00620. The van der Waals surface area contributed by atoms with Gasteiger partial charge in [0.05, 0.1) is 31.9 Å². The molecule has 1 heterocycles. The lowest BCUT2D eigenvalue weighted by Gasteiger charge is -2.25. The molecule has 0 bridgehead atoms. The van der Waals surface area contributed by atoms with E-state index in [2.05, 4.69) is 0 Å². The van der Waals surface area contributed by atoms with Crippen molar-refractivity contribution in [3.8, 4) is 17.2 Å². The van der Waals surface area contributed by atoms with Crippen molar-refractivity contribution >= 4 is 23.1 Å². The number of hydrogen-bond acceptors (Lipinski definition) is 6. The van der Waals surface area contributed by atoms with Gasteiger partial charge in [0.25, 0.3) is 11.7 Å². The SMILES string of the molecule is CCCOc1ccc(C2/C(=C(/O)c3cccc(OCC)c3)C(=O)C(=O)N2c2ccc(OC)cc2)cc1. The van der Waals surface area contributed by atoms with Crippen LogP contribution in [0.4, 0.5) is 5.69 Å². The Balaban J connectivity index is 1.85. The number of carbonyl (C=O) groups excluding carboxylic acids is 2. The van der Waals surface area contributed by atoms with E-state index < -0.39 is 17.7 Å². The minimum Gasteiger partial charge on any atom is -0.507 e. The lowest BCUT2D eigenvalue weighted by atomic mass is 9.95. The highest BCUT2D eigenvalue weighted by Gasteiger charge is 2.47. The molecule has 1 saturated heterocycles. The first-order valence-corrected chi connectivity index (χ1v) is 11.9. The largest absolute Gasteiger partial charge is 0.507 e. The van der Waals surface area contributed by atoms with E-state index in [1.165, 1.54) is 4.90 Å². The van der Waals surface area contributed by atoms with Crippen LogP contribution in [0.2, 0.25) is 0 Å². The molecule has 0 radical (unpaired) electrons. The Morgan fingerprint density at radius 2 is 1.58 bits per heavy atom. The zero-order valence-corrected chi connectivity index (χ0v) is 20.6. The van der Waals surface area contributed by atoms with Gasteiger partial charge in [0.15, 0.2) is 0 Å². The topological polar surface area (TPSA) is 85.3 Å². The lowest BCUT2D eigenvalue weighted by molar-refractivity contribution is -0.132. The third-order valence-corrected chi connectivity index (χ3v) is 5.88. The number of aliphatic hydroxyl groups excluding tert-OH is 1. The third-order valence-electron chi connectivity index (χ3n) is 5.88. The van der Waals surface area contributed by atoms with Crippen molar-refractivity contribution in [2.24, 2.45) is 0 Å². The van der Waals surface area contributed by atoms with E-state index in [4.69, 9.17) is 14.2 Å². The normalized spacial score (nSPS) is 16.8. The molecule has 36 heavy (non-hydrogen) atoms. The van der Waals surface area contributed by atoms with E-state index in [9.17, 15) is 14.7 Å². The average molecular weight is 488 g/mol. The highest BCUT2D eigenvalue weighted by Crippen LogP contribution is 2.43. The Bertz CT molecular complexity index is 1260. The summed E-state index contributed by atoms with van der Waals surface area (Å²) in [5.74, 6) is 0.117. The number of anilines is 1. The molecular formula is C29H29NO6. The van der Waals surface area contributed by atoms with Crippen LogP contribution < -0.4 is 19.1 Å². The van der Waals surface area contributed by atoms with E-state index in [0.29, 0.717) is 47.3 Å². The monoisotopic (exact) mass is 487 g/mol. The summed E-state index contributed by atoms with van der Waals surface area (Å²) in [7, 11) is 1.56. The van der Waals surface area contributed by atoms with Gasteiger partial charge in [-0.15, -0.1) is 0 Å². The quantitative estimate of drug-likeness (QED) is 0.243. The Morgan fingerprint density at radius 1 is 0.889 bits per heavy atom. The molecule has 1 unspecified atom stereocenters. The van der Waals surface area contributed by atoms with Gasteiger partial charge in [0.2, 0.25) is 0 Å². The summed E-state index contributed by atoms with van der Waals surface area (Å²) in [5, 5.41) is 11.3. The van der Waals surface area contributed by atoms with Crippen LogP contribution in [0.25, 0.3) is 5.76 Å². The van der Waals surface area contributed by atoms with Gasteiger partial charge in [-0.2, -0.15) is 0 Å². The van der Waals surface area contributed by atoms with Gasteiger partial charge in [-0.25, -0.2) is 0 Å². The van der Waals surface area contributed by atoms with Gasteiger partial charge in [-0.3, -0.25) is 14.5 Å². The first kappa shape index (κ1) is 24.9. The zero-order chi connectivity index (χ0) is 25.7. The molecule has 4 rings (SSSR count). The summed E-state index contributed by atoms with van der Waals surface area (Å²) < 4.78 is 16.5. The predicted molar refractivity (Wildman–Crippen MR) is 138 cm³/mol. The van der Waals surface area contributed by atoms with Crippen LogP contribution in [0.5, 0.6) is 17.2 Å². The van der Waals surface area contributed by atoms with Crippen molar-refractivity contribution in [2.75, 3.05) is 25.2 Å². The van der Waals surface area contributed by atoms with Crippen LogP contribution in [-0.4, -0.2) is 37.1 Å². The molecule has 7 heteroatoms. The number of ketones is 1. The summed E-state index contributed by atoms with van der Waals surface area (Å²) in [6, 6.07) is 20.1. The van der Waals surface area contributed by atoms with Crippen molar-refractivity contribution in [2.45, 2.75) is 26.3 Å². The van der Waals surface area contributed by atoms with Gasteiger partial charge in [-0.05, 0) is 67.4 Å². The van der Waals surface area contributed by atoms with Crippen LogP contribution in [0.15, 0.2) is 78.4 Å². The molecular weight excluding hydrogens is 458 g/mol. The number of benzene rings is 3. The van der Waals surface area contributed by atoms with Gasteiger partial charge in [0.1, 0.15) is 23.0 Å². The second-order valence-corrected chi connectivity index (χ2v) is 8.25. The van der Waals surface area contributed by atoms with E-state index in [1.807, 2.05) is 26.0 Å². The fourth-order valence-corrected chi connectivity index (χ4v) is 4.18. The van der Waals surface area contributed by atoms with Gasteiger partial charge in [0, 0.05) is 11.3 Å². The number of carbonyl (C=O) groups is 2. The number of rotatable bonds is 9. The molecule has 3 aromatic carbocycles. The first-order valence-electron chi connectivity index (χ1n) is 11.9. The number of ether oxygens (including phenoxy) is 3. The molecule has 1 fully saturated rings. The molecule has 7 nitrogen and oxygen atoms in total. The molecule has 1 amide bonds. The lowest BCUT2D eigenvalue weighted by Crippen LogP contribution is -2.29. The van der Waals surface area contributed by atoms with Crippen LogP contribution in [0.3, 0.4) is 0 Å². The van der Waals surface area contributed by atoms with Crippen LogP contribution in [0.1, 0.15) is 37.4 Å². The molecule has 0 spiro atoms. The Hall–Kier alpha value is -4.26. The summed E-state index contributed by atoms with van der Waals surface area (Å²) in [4.78, 5) is 28.1. The standard InChI is InChI=1S/C29H29NO6/c1-4-17-36-23-13-9-19(10-14-23)26-25(27(31)20-7-6-8-24(18-20)35-5-2)28(32)29(33)30(26)21-11-15-22(34-3)16-12-21/h6-16,18,26,31H,4-5,17H2,1-3H3/b27-25-. The maximum absolute atomic E-state index is 13.3. The van der Waals surface area contributed by atoms with Crippen molar-refractivity contribution < 1.29 is 28.9 Å². The number of amides is 1. The number of methoxy groups -OCH3 is 1. The van der Waals surface area contributed by atoms with Crippen LogP contribution >= 0.6 is 0 Å². The van der Waals surface area contributed by atoms with Crippen molar-refractivity contribution in [3.05, 3.63) is 89.5 Å². The van der Waals surface area contributed by atoms with Crippen LogP contribution in [0, 0.1) is 0 Å². The number of Topliss-reactive ketones (excluding diaryl/α,β-unsaturated/α-hetero) is 1. The van der Waals surface area contributed by atoms with Crippen molar-refractivity contribution in [3.63, 3.8) is 0 Å². The smallest absolute Gasteiger partial charge is 0.300 e. The molecule has 1 N–H and O–H groups in total. The van der Waals surface area contributed by atoms with E-state index >= 15 is 0 Å². The molecule has 0 saturated carbocycles. The maximum atomic E-state index is 13.3. The zero-order valence-electron chi connectivity index (χ0n) is 20.6. The molecule has 3 aromatic rings. The fraction of sp³-hybridized carbons (Fsp3) is 0.241. The summed E-state index contributed by atoms with van der Waals surface area (Å²) in [6.07, 6.45) is 0.875. The Labute approximate surface area is 210 Å². The molecule has 0 aliphatic carbocycles. The molecule has 1 atom stereocenters. The Morgan fingerprint density at radius 3 is 2.22 bits per heavy atom. The van der Waals surface area contributed by atoms with Crippen LogP contribution in [-0.2, 0) is 9.59 Å². The van der Waals surface area contributed by atoms with E-state index in [0.717, 1.165) is 6.42 Å². The minimum atomic E-state index is -0.839. The second-order valence-electron chi connectivity index (χ2n) is 8.25. The molecule has 0 aromatic heterocycles. The van der Waals surface area contributed by atoms with Gasteiger partial charge < -0.3 is 19.3 Å². The van der Waals surface area contributed by atoms with Crippen molar-refractivity contribution in [1.29, 1.82) is 0 Å². The highest BCUT2D eigenvalue weighted by atomic mass is 16.5. The predicted octanol–water partition coefficient (Wildman–Crippen LogP) is 5.51. The van der Waals surface area contributed by atoms with Gasteiger partial charge >= 0.3 is 0 Å². The maximum Gasteiger partial charge on any atom is 0.300 e. The molecule has 1 aliphatic rings. The summed E-state index contributed by atoms with van der Waals surface area (Å²) >= 11 is 0. The average Bonchev–Trinajstić information content (AvgIpc) is 3.17. The number of hydrogen-bond donors (Lipinski definition) is 1. The molecule has 186 valence electrons. The highest BCUT2D eigenvalue weighted by molar-refractivity contribution is 6.51. The number of nitrogens with zero attached hydrogens (tertiary/aromatic N) is 1. The Kier molecular flexibility index (Phi) is 7.59. The van der Waals surface area contributed by atoms with Crippen molar-refractivity contribution in [1.82, 2.24) is 0 Å². The second kappa shape index (κ2) is 11.0. The van der Waals surface area contributed by atoms with E-state index in [1.54, 1.807) is 67.8 Å². The third kappa shape index (κ3) is 4.91. The summed E-state index contributed by atoms with van der Waals surface area (Å²) in [6.45, 7) is 4.93. The molecule has 1 aliphatic heterocycles. The fourth-order valence-electron chi connectivity index (χ4n) is 4.18. The van der Waals surface area contributed by atoms with Gasteiger partial charge in [-0.1, -0.05) is 31.2 Å². The first-order chi connectivity index (χ1) is 17.5. The van der Waals surface area contributed by atoms with E-state index in [-0.39, 0.29) is 11.3 Å².